The highest BCUT2D eigenvalue weighted by atomic mass is 16.3. The molecule has 1 atom stereocenters. The molecule has 5 nitrogen and oxygen atoms in total. The highest BCUT2D eigenvalue weighted by molar-refractivity contribution is 5.75. The number of amides is 2. The van der Waals surface area contributed by atoms with Gasteiger partial charge < -0.3 is 20.2 Å². The number of nitrogens with zero attached hydrogens (tertiary/aromatic N) is 2. The van der Waals surface area contributed by atoms with Gasteiger partial charge in [0.25, 0.3) is 0 Å². The van der Waals surface area contributed by atoms with E-state index in [0.29, 0.717) is 12.6 Å². The molecule has 1 saturated carbocycles. The third-order valence-corrected chi connectivity index (χ3v) is 2.97. The zero-order valence-corrected chi connectivity index (χ0v) is 11.1. The van der Waals surface area contributed by atoms with E-state index in [9.17, 15) is 4.79 Å². The number of hydrogen-bond acceptors (Lipinski definition) is 3. The highest BCUT2D eigenvalue weighted by Crippen LogP contribution is 2.26. The summed E-state index contributed by atoms with van der Waals surface area (Å²) in [6.45, 7) is 3.46. The van der Waals surface area contributed by atoms with Crippen molar-refractivity contribution in [1.82, 2.24) is 15.1 Å². The monoisotopic (exact) mass is 243 g/mol. The van der Waals surface area contributed by atoms with Crippen molar-refractivity contribution in [3.05, 3.63) is 0 Å². The summed E-state index contributed by atoms with van der Waals surface area (Å²) in [5.74, 6) is 0. The van der Waals surface area contributed by atoms with Gasteiger partial charge in [0.1, 0.15) is 0 Å². The minimum Gasteiger partial charge on any atom is -0.395 e. The van der Waals surface area contributed by atoms with Crippen molar-refractivity contribution in [2.45, 2.75) is 38.3 Å². The molecule has 100 valence electrons. The Hall–Kier alpha value is -0.810. The van der Waals surface area contributed by atoms with Crippen LogP contribution in [0.25, 0.3) is 0 Å². The molecule has 1 unspecified atom stereocenters. The third-order valence-electron chi connectivity index (χ3n) is 2.97. The second-order valence-electron chi connectivity index (χ2n) is 5.09. The average Bonchev–Trinajstić information content (AvgIpc) is 3.06. The molecule has 2 amide bonds. The van der Waals surface area contributed by atoms with Crippen LogP contribution in [0.15, 0.2) is 0 Å². The van der Waals surface area contributed by atoms with E-state index in [4.69, 9.17) is 5.11 Å². The predicted octanol–water partition coefficient (Wildman–Crippen LogP) is 0.493. The summed E-state index contributed by atoms with van der Waals surface area (Å²) in [5.41, 5.74) is 0. The van der Waals surface area contributed by atoms with Crippen LogP contribution in [0.3, 0.4) is 0 Å². The van der Waals surface area contributed by atoms with E-state index < -0.39 is 0 Å². The summed E-state index contributed by atoms with van der Waals surface area (Å²) in [4.78, 5) is 15.8. The second kappa shape index (κ2) is 6.81. The topological polar surface area (TPSA) is 55.8 Å². The summed E-state index contributed by atoms with van der Waals surface area (Å²) < 4.78 is 0. The van der Waals surface area contributed by atoms with Crippen molar-refractivity contribution in [2.75, 3.05) is 33.8 Å². The molecule has 5 heteroatoms. The van der Waals surface area contributed by atoms with E-state index in [1.165, 1.54) is 0 Å². The Labute approximate surface area is 104 Å². The zero-order chi connectivity index (χ0) is 12.8. The molecule has 0 spiro atoms. The first-order chi connectivity index (χ1) is 8.04. The normalized spacial score (nSPS) is 17.0. The lowest BCUT2D eigenvalue weighted by Gasteiger charge is -2.25. The van der Waals surface area contributed by atoms with Crippen LogP contribution >= 0.6 is 0 Å². The summed E-state index contributed by atoms with van der Waals surface area (Å²) >= 11 is 0. The molecule has 2 N–H and O–H groups in total. The molecule has 0 bridgehead atoms. The van der Waals surface area contributed by atoms with E-state index in [2.05, 4.69) is 10.2 Å². The second-order valence-corrected chi connectivity index (χ2v) is 5.09. The van der Waals surface area contributed by atoms with Gasteiger partial charge >= 0.3 is 6.03 Å². The van der Waals surface area contributed by atoms with Gasteiger partial charge in [-0.15, -0.1) is 0 Å². The smallest absolute Gasteiger partial charge is 0.317 e. The van der Waals surface area contributed by atoms with Gasteiger partial charge in [-0.3, -0.25) is 0 Å². The van der Waals surface area contributed by atoms with E-state index in [-0.39, 0.29) is 18.7 Å². The van der Waals surface area contributed by atoms with E-state index in [1.54, 1.807) is 4.90 Å². The van der Waals surface area contributed by atoms with Gasteiger partial charge in [0, 0.05) is 18.6 Å². The Bertz CT molecular complexity index is 242. The number of carbonyl (C=O) groups excluding carboxylic acids is 1. The quantitative estimate of drug-likeness (QED) is 0.684. The largest absolute Gasteiger partial charge is 0.395 e. The van der Waals surface area contributed by atoms with Gasteiger partial charge in [-0.05, 0) is 46.8 Å². The molecule has 0 radical (unpaired) electrons. The summed E-state index contributed by atoms with van der Waals surface area (Å²) in [7, 11) is 4.05. The molecule has 1 fully saturated rings. The van der Waals surface area contributed by atoms with Crippen LogP contribution in [0.2, 0.25) is 0 Å². The number of rotatable bonds is 7. The third kappa shape index (κ3) is 5.37. The number of carbonyl (C=O) groups is 1. The van der Waals surface area contributed by atoms with Crippen molar-refractivity contribution < 1.29 is 9.90 Å². The minimum absolute atomic E-state index is 0.0344. The SMILES string of the molecule is CC(CCN(C)C)NC(=O)N(CCO)C1CC1. The molecule has 1 aliphatic carbocycles. The highest BCUT2D eigenvalue weighted by Gasteiger charge is 2.32. The Balaban J connectivity index is 2.30. The van der Waals surface area contributed by atoms with Gasteiger partial charge in [-0.1, -0.05) is 0 Å². The zero-order valence-electron chi connectivity index (χ0n) is 11.1. The maximum atomic E-state index is 12.0. The maximum absolute atomic E-state index is 12.0. The maximum Gasteiger partial charge on any atom is 0.317 e. The molecule has 0 aromatic heterocycles. The fourth-order valence-electron chi connectivity index (χ4n) is 1.76. The van der Waals surface area contributed by atoms with Gasteiger partial charge in [0.2, 0.25) is 0 Å². The summed E-state index contributed by atoms with van der Waals surface area (Å²) in [5, 5.41) is 11.9. The first kappa shape index (κ1) is 14.3. The van der Waals surface area contributed by atoms with E-state index in [0.717, 1.165) is 25.8 Å². The Kier molecular flexibility index (Phi) is 5.71. The molecule has 0 aromatic rings. The van der Waals surface area contributed by atoms with Gasteiger partial charge in [0.15, 0.2) is 0 Å². The molecule has 0 aromatic carbocycles. The van der Waals surface area contributed by atoms with Crippen molar-refractivity contribution in [2.24, 2.45) is 0 Å². The fraction of sp³-hybridized carbons (Fsp3) is 0.917. The first-order valence-corrected chi connectivity index (χ1v) is 6.37. The lowest BCUT2D eigenvalue weighted by atomic mass is 10.2. The van der Waals surface area contributed by atoms with Crippen LogP contribution in [0, 0.1) is 0 Å². The molecule has 0 aliphatic heterocycles. The number of urea groups is 1. The summed E-state index contributed by atoms with van der Waals surface area (Å²) in [6, 6.07) is 0.487. The minimum atomic E-state index is -0.0344. The standard InChI is InChI=1S/C12H25N3O2/c1-10(6-7-14(2)3)13-12(17)15(8-9-16)11-4-5-11/h10-11,16H,4-9H2,1-3H3,(H,13,17). The number of aliphatic hydroxyl groups is 1. The molecule has 17 heavy (non-hydrogen) atoms. The molecule has 0 saturated heterocycles. The van der Waals surface area contributed by atoms with Crippen LogP contribution in [0.5, 0.6) is 0 Å². The van der Waals surface area contributed by atoms with Crippen LogP contribution < -0.4 is 5.32 Å². The molecule has 0 heterocycles. The van der Waals surface area contributed by atoms with Crippen molar-refractivity contribution in [3.8, 4) is 0 Å². The molecular weight excluding hydrogens is 218 g/mol. The number of hydrogen-bond donors (Lipinski definition) is 2. The molecule has 1 rings (SSSR count). The van der Waals surface area contributed by atoms with Crippen LogP contribution in [-0.2, 0) is 0 Å². The van der Waals surface area contributed by atoms with Gasteiger partial charge in [-0.2, -0.15) is 0 Å². The van der Waals surface area contributed by atoms with Crippen molar-refractivity contribution in [1.29, 1.82) is 0 Å². The van der Waals surface area contributed by atoms with Crippen molar-refractivity contribution >= 4 is 6.03 Å². The molecule has 1 aliphatic rings. The van der Waals surface area contributed by atoms with Crippen LogP contribution in [-0.4, -0.2) is 66.8 Å². The Morgan fingerprint density at radius 1 is 1.41 bits per heavy atom. The van der Waals surface area contributed by atoms with Crippen LogP contribution in [0.1, 0.15) is 26.2 Å². The predicted molar refractivity (Wildman–Crippen MR) is 68.0 cm³/mol. The Morgan fingerprint density at radius 2 is 2.06 bits per heavy atom. The van der Waals surface area contributed by atoms with Crippen LogP contribution in [0.4, 0.5) is 4.79 Å². The van der Waals surface area contributed by atoms with E-state index >= 15 is 0 Å². The summed E-state index contributed by atoms with van der Waals surface area (Å²) in [6.07, 6.45) is 3.08. The Morgan fingerprint density at radius 3 is 2.53 bits per heavy atom. The lowest BCUT2D eigenvalue weighted by molar-refractivity contribution is 0.170. The first-order valence-electron chi connectivity index (χ1n) is 6.37. The van der Waals surface area contributed by atoms with Gasteiger partial charge in [0.05, 0.1) is 6.61 Å². The van der Waals surface area contributed by atoms with E-state index in [1.807, 2.05) is 21.0 Å². The number of aliphatic hydroxyl groups excluding tert-OH is 1. The van der Waals surface area contributed by atoms with Crippen molar-refractivity contribution in [3.63, 3.8) is 0 Å². The molecular formula is C12H25N3O2. The van der Waals surface area contributed by atoms with Gasteiger partial charge in [-0.25, -0.2) is 4.79 Å². The lowest BCUT2D eigenvalue weighted by Crippen LogP contribution is -2.46. The average molecular weight is 243 g/mol. The number of nitrogens with one attached hydrogen (secondary N) is 1. The fourth-order valence-corrected chi connectivity index (χ4v) is 1.76.